The maximum absolute atomic E-state index is 6.64. The largest absolute Gasteiger partial charge is 0.487 e. The number of benzene rings is 1. The van der Waals surface area contributed by atoms with Crippen LogP contribution in [0, 0.1) is 12.3 Å². The molecule has 0 saturated carbocycles. The summed E-state index contributed by atoms with van der Waals surface area (Å²) in [6, 6.07) is 6.15. The van der Waals surface area contributed by atoms with E-state index in [4.69, 9.17) is 11.2 Å². The smallest absolute Gasteiger partial charge is 0.186 e. The van der Waals surface area contributed by atoms with Crippen LogP contribution in [0.2, 0.25) is 0 Å². The van der Waals surface area contributed by atoms with Gasteiger partial charge >= 0.3 is 0 Å². The van der Waals surface area contributed by atoms with Gasteiger partial charge < -0.3 is 4.74 Å². The van der Waals surface area contributed by atoms with Crippen LogP contribution in [0.3, 0.4) is 0 Å². The average Bonchev–Trinajstić information content (AvgIpc) is 2.61. The fourth-order valence-corrected chi connectivity index (χ4v) is 3.63. The van der Waals surface area contributed by atoms with Crippen LogP contribution in [0.4, 0.5) is 0 Å². The van der Waals surface area contributed by atoms with Gasteiger partial charge in [-0.3, -0.25) is 0 Å². The third-order valence-corrected chi connectivity index (χ3v) is 4.92. The second-order valence-electron chi connectivity index (χ2n) is 7.34. The van der Waals surface area contributed by atoms with Crippen molar-refractivity contribution in [1.82, 2.24) is 0 Å². The predicted molar refractivity (Wildman–Crippen MR) is 118 cm³/mol. The summed E-state index contributed by atoms with van der Waals surface area (Å²) < 4.78 is 6.64. The monoisotopic (exact) mass is 350 g/mol. The van der Waals surface area contributed by atoms with Crippen LogP contribution in [0.25, 0.3) is 5.47 Å². The van der Waals surface area contributed by atoms with Gasteiger partial charge in [-0.2, -0.15) is 0 Å². The molecule has 0 atom stereocenters. The van der Waals surface area contributed by atoms with Gasteiger partial charge in [0.15, 0.2) is 7.28 Å². The fourth-order valence-electron chi connectivity index (χ4n) is 3.63. The average molecular weight is 350 g/mol. The minimum absolute atomic E-state index is 0.0939. The number of terminal acetylenes is 1. The summed E-state index contributed by atoms with van der Waals surface area (Å²) in [4.78, 5) is 0. The Kier molecular flexibility index (Phi) is 9.35. The molecule has 26 heavy (non-hydrogen) atoms. The van der Waals surface area contributed by atoms with E-state index >= 15 is 0 Å². The third-order valence-electron chi connectivity index (χ3n) is 4.92. The van der Waals surface area contributed by atoms with E-state index < -0.39 is 0 Å². The summed E-state index contributed by atoms with van der Waals surface area (Å²) in [7, 11) is 0.855. The quantitative estimate of drug-likeness (QED) is 0.326. The van der Waals surface area contributed by atoms with Crippen LogP contribution < -0.4 is 4.74 Å². The summed E-state index contributed by atoms with van der Waals surface area (Å²) in [5.74, 6) is 3.66. The highest BCUT2D eigenvalue weighted by Gasteiger charge is 2.29. The zero-order valence-electron chi connectivity index (χ0n) is 17.5. The minimum Gasteiger partial charge on any atom is -0.487 e. The number of hydrogen-bond donors (Lipinski definition) is 0. The molecular formula is C24H35BO. The molecular weight excluding hydrogens is 315 g/mol. The van der Waals surface area contributed by atoms with Gasteiger partial charge in [0.05, 0.1) is 0 Å². The van der Waals surface area contributed by atoms with Crippen LogP contribution in [-0.4, -0.2) is 12.9 Å². The van der Waals surface area contributed by atoms with Crippen molar-refractivity contribution in [2.45, 2.75) is 78.7 Å². The van der Waals surface area contributed by atoms with Crippen molar-refractivity contribution in [3.05, 3.63) is 47.5 Å². The molecule has 0 aliphatic carbocycles. The molecule has 1 nitrogen and oxygen atoms in total. The molecule has 0 N–H and O–H groups in total. The first-order valence-corrected chi connectivity index (χ1v) is 10.0. The predicted octanol–water partition coefficient (Wildman–Crippen LogP) is 6.52. The Morgan fingerprint density at radius 3 is 2.19 bits per heavy atom. The van der Waals surface area contributed by atoms with Gasteiger partial charge in [0.25, 0.3) is 0 Å². The van der Waals surface area contributed by atoms with Crippen LogP contribution in [0.15, 0.2) is 36.3 Å². The lowest BCUT2D eigenvalue weighted by molar-refractivity contribution is 0.0390. The van der Waals surface area contributed by atoms with Gasteiger partial charge in [-0.05, 0) is 49.9 Å². The fraction of sp³-hybridized carbons (Fsp3) is 0.500. The van der Waals surface area contributed by atoms with Gasteiger partial charge in [0.2, 0.25) is 0 Å². The zero-order valence-corrected chi connectivity index (χ0v) is 17.5. The van der Waals surface area contributed by atoms with Gasteiger partial charge in [0, 0.05) is 5.56 Å². The summed E-state index contributed by atoms with van der Waals surface area (Å²) >= 11 is 0. The first-order valence-electron chi connectivity index (χ1n) is 10.0. The van der Waals surface area contributed by atoms with Crippen molar-refractivity contribution >= 4 is 12.8 Å². The number of ether oxygens (including phenoxy) is 1. The summed E-state index contributed by atoms with van der Waals surface area (Å²) in [6.07, 6.45) is 14.4. The lowest BCUT2D eigenvalue weighted by Crippen LogP contribution is -2.36. The molecule has 1 aromatic rings. The molecule has 0 saturated heterocycles. The molecule has 0 fully saturated rings. The van der Waals surface area contributed by atoms with Gasteiger partial charge in [-0.1, -0.05) is 64.4 Å². The topological polar surface area (TPSA) is 9.23 Å². The molecule has 0 radical (unpaired) electrons. The number of allylic oxidation sites excluding steroid dienone is 2. The molecule has 0 unspecified atom stereocenters. The first kappa shape index (κ1) is 22.2. The summed E-state index contributed by atoms with van der Waals surface area (Å²) in [5, 5.41) is 0. The Balaban J connectivity index is 3.23. The van der Waals surface area contributed by atoms with Crippen LogP contribution in [0.1, 0.15) is 84.3 Å². The van der Waals surface area contributed by atoms with E-state index in [-0.39, 0.29) is 5.60 Å². The van der Waals surface area contributed by atoms with Gasteiger partial charge in [0.1, 0.15) is 11.4 Å². The Morgan fingerprint density at radius 2 is 1.73 bits per heavy atom. The lowest BCUT2D eigenvalue weighted by Gasteiger charge is -2.34. The summed E-state index contributed by atoms with van der Waals surface area (Å²) in [6.45, 7) is 15.1. The molecule has 2 heteroatoms. The van der Waals surface area contributed by atoms with E-state index in [1.54, 1.807) is 0 Å². The first-order chi connectivity index (χ1) is 12.4. The van der Waals surface area contributed by atoms with Gasteiger partial charge in [-0.25, -0.2) is 0 Å². The van der Waals surface area contributed by atoms with E-state index in [9.17, 15) is 0 Å². The molecule has 1 aromatic carbocycles. The Labute approximate surface area is 162 Å². The molecule has 0 spiro atoms. The van der Waals surface area contributed by atoms with Crippen molar-refractivity contribution in [2.24, 2.45) is 0 Å². The Hall–Kier alpha value is -1.88. The Bertz CT molecular complexity index is 646. The normalized spacial score (nSPS) is 11.8. The minimum atomic E-state index is -0.0939. The summed E-state index contributed by atoms with van der Waals surface area (Å²) in [5.41, 5.74) is 4.23. The Morgan fingerprint density at radius 1 is 1.15 bits per heavy atom. The van der Waals surface area contributed by atoms with E-state index in [1.165, 1.54) is 5.47 Å². The van der Waals surface area contributed by atoms with E-state index in [0.29, 0.717) is 0 Å². The zero-order chi connectivity index (χ0) is 19.6. The maximum Gasteiger partial charge on any atom is 0.186 e. The number of rotatable bonds is 11. The van der Waals surface area contributed by atoms with Crippen molar-refractivity contribution in [3.8, 4) is 18.1 Å². The highest BCUT2D eigenvalue weighted by Crippen LogP contribution is 2.33. The molecule has 0 bridgehead atoms. The third kappa shape index (κ3) is 6.45. The molecule has 0 amide bonds. The van der Waals surface area contributed by atoms with Gasteiger partial charge in [-0.15, -0.1) is 18.5 Å². The van der Waals surface area contributed by atoms with E-state index in [0.717, 1.165) is 68.2 Å². The van der Waals surface area contributed by atoms with Crippen molar-refractivity contribution in [1.29, 1.82) is 0 Å². The molecule has 0 aliphatic heterocycles. The van der Waals surface area contributed by atoms with Crippen LogP contribution in [-0.2, 0) is 0 Å². The molecule has 140 valence electrons. The van der Waals surface area contributed by atoms with E-state index in [2.05, 4.69) is 59.3 Å². The highest BCUT2D eigenvalue weighted by molar-refractivity contribution is 6.67. The molecule has 0 aliphatic rings. The second kappa shape index (κ2) is 11.0. The van der Waals surface area contributed by atoms with E-state index in [1.807, 2.05) is 12.1 Å². The van der Waals surface area contributed by atoms with Crippen molar-refractivity contribution in [2.75, 3.05) is 0 Å². The second-order valence-corrected chi connectivity index (χ2v) is 7.34. The number of hydrogen-bond acceptors (Lipinski definition) is 1. The lowest BCUT2D eigenvalue weighted by atomic mass is 9.61. The molecule has 1 rings (SSSR count). The van der Waals surface area contributed by atoms with Crippen molar-refractivity contribution in [3.63, 3.8) is 0 Å². The SMILES string of the molecule is C#Cc1cc(OC(CCC)(CCC)CCC)cc(C(=C)B/C(C)=C\C)c1. The molecule has 0 aromatic heterocycles. The highest BCUT2D eigenvalue weighted by atomic mass is 16.5. The van der Waals surface area contributed by atoms with Crippen LogP contribution in [0.5, 0.6) is 5.75 Å². The maximum atomic E-state index is 6.64. The van der Waals surface area contributed by atoms with Crippen LogP contribution >= 0.6 is 0 Å². The van der Waals surface area contributed by atoms with Crippen molar-refractivity contribution < 1.29 is 4.74 Å². The standard InChI is InChI=1S/C24H35BO/c1-8-13-24(14-9-2,15-10-3)26-23-17-21(12-5)16-22(18-23)20(7)25-19(6)11-4/h5,11,16-18,25H,7-10,13-15H2,1-4,6H3/b19-11-. The molecule has 0 heterocycles.